The zero-order valence-corrected chi connectivity index (χ0v) is 10.8. The van der Waals surface area contributed by atoms with Crippen LogP contribution in [0.5, 0.6) is 0 Å². The van der Waals surface area contributed by atoms with Gasteiger partial charge in [-0.3, -0.25) is 4.79 Å². The molecule has 0 aliphatic carbocycles. The second-order valence-electron chi connectivity index (χ2n) is 4.07. The van der Waals surface area contributed by atoms with Crippen molar-refractivity contribution in [3.8, 4) is 12.3 Å². The van der Waals surface area contributed by atoms with Crippen LogP contribution in [0.1, 0.15) is 28.8 Å². The van der Waals surface area contributed by atoms with E-state index in [1.165, 1.54) is 0 Å². The Morgan fingerprint density at radius 2 is 2.11 bits per heavy atom. The van der Waals surface area contributed by atoms with E-state index in [2.05, 4.69) is 16.6 Å². The Bertz CT molecular complexity index is 421. The molecule has 0 spiro atoms. The van der Waals surface area contributed by atoms with E-state index in [4.69, 9.17) is 6.42 Å². The van der Waals surface area contributed by atoms with Gasteiger partial charge in [0.15, 0.2) is 0 Å². The van der Waals surface area contributed by atoms with Crippen LogP contribution < -0.4 is 10.6 Å². The van der Waals surface area contributed by atoms with Crippen LogP contribution in [0.4, 0.5) is 0 Å². The molecular formula is C15H20N2O. The lowest BCUT2D eigenvalue weighted by atomic mass is 10.0. The van der Waals surface area contributed by atoms with Crippen LogP contribution in [0.25, 0.3) is 0 Å². The minimum atomic E-state index is -0.0151. The van der Waals surface area contributed by atoms with E-state index in [-0.39, 0.29) is 5.91 Å². The zero-order chi connectivity index (χ0) is 13.2. The minimum Gasteiger partial charge on any atom is -0.352 e. The predicted octanol–water partition coefficient (Wildman–Crippen LogP) is 1.59. The van der Waals surface area contributed by atoms with Crippen LogP contribution in [0.2, 0.25) is 0 Å². The monoisotopic (exact) mass is 244 g/mol. The number of amides is 1. The van der Waals surface area contributed by atoms with Crippen LogP contribution in [0.15, 0.2) is 24.3 Å². The highest BCUT2D eigenvalue weighted by molar-refractivity contribution is 5.95. The number of rotatable bonds is 7. The molecule has 96 valence electrons. The van der Waals surface area contributed by atoms with Gasteiger partial charge in [0.05, 0.1) is 0 Å². The van der Waals surface area contributed by atoms with Crippen molar-refractivity contribution < 1.29 is 4.79 Å². The van der Waals surface area contributed by atoms with Gasteiger partial charge >= 0.3 is 0 Å². The minimum absolute atomic E-state index is 0.0151. The lowest BCUT2D eigenvalue weighted by Gasteiger charge is -2.09. The van der Waals surface area contributed by atoms with Crippen molar-refractivity contribution in [3.63, 3.8) is 0 Å². The highest BCUT2D eigenvalue weighted by atomic mass is 16.1. The smallest absolute Gasteiger partial charge is 0.251 e. The van der Waals surface area contributed by atoms with Gasteiger partial charge < -0.3 is 10.6 Å². The summed E-state index contributed by atoms with van der Waals surface area (Å²) < 4.78 is 0. The van der Waals surface area contributed by atoms with Crippen LogP contribution in [-0.4, -0.2) is 26.0 Å². The van der Waals surface area contributed by atoms with E-state index in [0.29, 0.717) is 13.0 Å². The molecule has 0 aromatic heterocycles. The zero-order valence-electron chi connectivity index (χ0n) is 10.8. The van der Waals surface area contributed by atoms with Gasteiger partial charge in [-0.1, -0.05) is 18.2 Å². The maximum Gasteiger partial charge on any atom is 0.251 e. The van der Waals surface area contributed by atoms with Crippen LogP contribution in [-0.2, 0) is 6.42 Å². The summed E-state index contributed by atoms with van der Waals surface area (Å²) in [5.41, 5.74) is 1.83. The maximum atomic E-state index is 12.0. The first-order valence-electron chi connectivity index (χ1n) is 6.23. The molecule has 1 aromatic carbocycles. The number of nitrogens with one attached hydrogen (secondary N) is 2. The normalized spacial score (nSPS) is 9.78. The molecule has 0 radical (unpaired) electrons. The van der Waals surface area contributed by atoms with Crippen molar-refractivity contribution >= 4 is 5.91 Å². The van der Waals surface area contributed by atoms with Crippen LogP contribution in [0.3, 0.4) is 0 Å². The van der Waals surface area contributed by atoms with Crippen molar-refractivity contribution in [1.29, 1.82) is 0 Å². The molecule has 3 nitrogen and oxygen atoms in total. The van der Waals surface area contributed by atoms with E-state index >= 15 is 0 Å². The molecule has 2 N–H and O–H groups in total. The lowest BCUT2D eigenvalue weighted by Crippen LogP contribution is -2.26. The fraction of sp³-hybridized carbons (Fsp3) is 0.400. The molecule has 0 aliphatic heterocycles. The number of carbonyl (C=O) groups excluding carboxylic acids is 1. The number of carbonyl (C=O) groups is 1. The van der Waals surface area contributed by atoms with Crippen LogP contribution >= 0.6 is 0 Å². The fourth-order valence-electron chi connectivity index (χ4n) is 1.71. The van der Waals surface area contributed by atoms with Gasteiger partial charge in [-0.15, -0.1) is 12.3 Å². The van der Waals surface area contributed by atoms with E-state index in [1.807, 2.05) is 31.3 Å². The van der Waals surface area contributed by atoms with E-state index in [9.17, 15) is 4.79 Å². The lowest BCUT2D eigenvalue weighted by molar-refractivity contribution is 0.0952. The Balaban J connectivity index is 2.58. The summed E-state index contributed by atoms with van der Waals surface area (Å²) in [5, 5.41) is 5.98. The number of terminal acetylenes is 1. The number of benzene rings is 1. The summed E-state index contributed by atoms with van der Waals surface area (Å²) in [6.07, 6.45) is 7.53. The number of hydrogen-bond donors (Lipinski definition) is 2. The second-order valence-corrected chi connectivity index (χ2v) is 4.07. The largest absolute Gasteiger partial charge is 0.352 e. The van der Waals surface area contributed by atoms with Gasteiger partial charge in [-0.2, -0.15) is 0 Å². The Kier molecular flexibility index (Phi) is 6.60. The van der Waals surface area contributed by atoms with E-state index in [0.717, 1.165) is 30.5 Å². The van der Waals surface area contributed by atoms with Crippen LogP contribution in [0, 0.1) is 12.3 Å². The van der Waals surface area contributed by atoms with Crippen molar-refractivity contribution in [3.05, 3.63) is 35.4 Å². The molecule has 0 saturated carbocycles. The molecule has 18 heavy (non-hydrogen) atoms. The summed E-state index contributed by atoms with van der Waals surface area (Å²) >= 11 is 0. The Morgan fingerprint density at radius 3 is 2.83 bits per heavy atom. The third kappa shape index (κ3) is 4.60. The van der Waals surface area contributed by atoms with Gasteiger partial charge in [-0.05, 0) is 38.1 Å². The molecule has 0 heterocycles. The van der Waals surface area contributed by atoms with Crippen molar-refractivity contribution in [2.45, 2.75) is 19.3 Å². The summed E-state index contributed by atoms with van der Waals surface area (Å²) in [4.78, 5) is 12.0. The highest BCUT2D eigenvalue weighted by Crippen LogP contribution is 2.09. The fourth-order valence-corrected chi connectivity index (χ4v) is 1.71. The van der Waals surface area contributed by atoms with E-state index in [1.54, 1.807) is 0 Å². The highest BCUT2D eigenvalue weighted by Gasteiger charge is 2.09. The summed E-state index contributed by atoms with van der Waals surface area (Å²) in [6, 6.07) is 7.70. The third-order valence-corrected chi connectivity index (χ3v) is 2.69. The Hall–Kier alpha value is -1.79. The quantitative estimate of drug-likeness (QED) is 0.565. The van der Waals surface area contributed by atoms with Crippen molar-refractivity contribution in [2.24, 2.45) is 0 Å². The molecule has 3 heteroatoms. The first kappa shape index (κ1) is 14.3. The molecule has 0 unspecified atom stereocenters. The Morgan fingerprint density at radius 1 is 1.33 bits per heavy atom. The van der Waals surface area contributed by atoms with Gasteiger partial charge in [0.25, 0.3) is 5.91 Å². The van der Waals surface area contributed by atoms with E-state index < -0.39 is 0 Å². The van der Waals surface area contributed by atoms with Gasteiger partial charge in [0, 0.05) is 18.5 Å². The average Bonchev–Trinajstić information content (AvgIpc) is 2.41. The SMILES string of the molecule is C#CCCCNC(=O)c1ccccc1CCNC. The average molecular weight is 244 g/mol. The van der Waals surface area contributed by atoms with Gasteiger partial charge in [-0.25, -0.2) is 0 Å². The predicted molar refractivity (Wildman–Crippen MR) is 74.5 cm³/mol. The molecule has 0 saturated heterocycles. The maximum absolute atomic E-state index is 12.0. The molecule has 0 fully saturated rings. The molecular weight excluding hydrogens is 224 g/mol. The third-order valence-electron chi connectivity index (χ3n) is 2.69. The topological polar surface area (TPSA) is 41.1 Å². The number of likely N-dealkylation sites (N-methyl/N-ethyl adjacent to an activating group) is 1. The first-order chi connectivity index (χ1) is 8.79. The summed E-state index contributed by atoms with van der Waals surface area (Å²) in [7, 11) is 1.91. The standard InChI is InChI=1S/C15H20N2O/c1-3-4-7-11-17-15(18)14-9-6-5-8-13(14)10-12-16-2/h1,5-6,8-9,16H,4,7,10-12H2,2H3,(H,17,18). The molecule has 1 amide bonds. The molecule has 1 aromatic rings. The van der Waals surface area contributed by atoms with Crippen molar-refractivity contribution in [2.75, 3.05) is 20.1 Å². The molecule has 0 bridgehead atoms. The second kappa shape index (κ2) is 8.32. The molecule has 0 atom stereocenters. The van der Waals surface area contributed by atoms with Gasteiger partial charge in [0.1, 0.15) is 0 Å². The Labute approximate surface area is 109 Å². The summed E-state index contributed by atoms with van der Waals surface area (Å²) in [5.74, 6) is 2.55. The number of hydrogen-bond acceptors (Lipinski definition) is 2. The molecule has 0 aliphatic rings. The van der Waals surface area contributed by atoms with Gasteiger partial charge in [0.2, 0.25) is 0 Å². The van der Waals surface area contributed by atoms with Crippen molar-refractivity contribution in [1.82, 2.24) is 10.6 Å². The summed E-state index contributed by atoms with van der Waals surface area (Å²) in [6.45, 7) is 1.49. The first-order valence-corrected chi connectivity index (χ1v) is 6.23. The molecule has 1 rings (SSSR count). The number of unbranched alkanes of at least 4 members (excludes halogenated alkanes) is 1.